The van der Waals surface area contributed by atoms with Gasteiger partial charge in [-0.15, -0.1) is 0 Å². The van der Waals surface area contributed by atoms with Crippen LogP contribution >= 0.6 is 12.2 Å². The lowest BCUT2D eigenvalue weighted by atomic mass is 10.0. The smallest absolute Gasteiger partial charge is 0.349 e. The molecule has 1 aromatic carbocycles. The maximum absolute atomic E-state index is 12.4. The van der Waals surface area contributed by atoms with E-state index in [1.807, 2.05) is 0 Å². The number of nitrogens with one attached hydrogen (secondary N) is 1. The summed E-state index contributed by atoms with van der Waals surface area (Å²) in [5.41, 5.74) is -0.352. The van der Waals surface area contributed by atoms with Crippen molar-refractivity contribution in [3.05, 3.63) is 42.0 Å². The molecule has 0 aromatic heterocycles. The normalized spacial score (nSPS) is 12.1. The van der Waals surface area contributed by atoms with Gasteiger partial charge in [-0.1, -0.05) is 18.8 Å². The van der Waals surface area contributed by atoms with Crippen molar-refractivity contribution in [2.45, 2.75) is 13.1 Å². The molecule has 1 unspecified atom stereocenters. The van der Waals surface area contributed by atoms with Crippen LogP contribution in [0.2, 0.25) is 0 Å². The predicted octanol–water partition coefficient (Wildman–Crippen LogP) is 3.73. The molecule has 0 bridgehead atoms. The van der Waals surface area contributed by atoms with Crippen molar-refractivity contribution in [2.24, 2.45) is 5.92 Å². The summed E-state index contributed by atoms with van der Waals surface area (Å²) in [5.74, 6) is -1.73. The third kappa shape index (κ3) is 4.39. The van der Waals surface area contributed by atoms with Crippen LogP contribution in [0.25, 0.3) is 0 Å². The first-order valence-corrected chi connectivity index (χ1v) is 6.15. The number of carbonyl (C=O) groups excluding carboxylic acids is 1. The van der Waals surface area contributed by atoms with Gasteiger partial charge in [0.05, 0.1) is 11.6 Å². The Hall–Kier alpha value is -2.20. The summed E-state index contributed by atoms with van der Waals surface area (Å²) < 4.78 is 37.2. The van der Waals surface area contributed by atoms with Gasteiger partial charge in [0.15, 0.2) is 11.7 Å². The number of rotatable bonds is 4. The molecule has 1 aromatic rings. The van der Waals surface area contributed by atoms with E-state index in [4.69, 9.17) is 17.5 Å². The molecule has 110 valence electrons. The molecule has 0 amide bonds. The van der Waals surface area contributed by atoms with Crippen molar-refractivity contribution >= 4 is 28.7 Å². The topological polar surface area (TPSA) is 52.9 Å². The summed E-state index contributed by atoms with van der Waals surface area (Å²) in [6.45, 7) is 4.89. The largest absolute Gasteiger partial charge is 0.416 e. The Kier molecular flexibility index (Phi) is 5.22. The number of Topliss-reactive ketones (excluding diaryl/α,β-unsaturated/α-hetero) is 1. The highest BCUT2D eigenvalue weighted by atomic mass is 32.1. The van der Waals surface area contributed by atoms with Crippen LogP contribution in [-0.4, -0.2) is 10.8 Å². The Morgan fingerprint density at radius 3 is 2.29 bits per heavy atom. The summed E-state index contributed by atoms with van der Waals surface area (Å²) in [6, 6.07) is 5.86. The number of halogens is 3. The lowest BCUT2D eigenvalue weighted by molar-refractivity contribution is -0.137. The van der Waals surface area contributed by atoms with Gasteiger partial charge in [-0.05, 0) is 36.8 Å². The highest BCUT2D eigenvalue weighted by Gasteiger charge is 2.30. The summed E-state index contributed by atoms with van der Waals surface area (Å²) >= 11 is 4.94. The molecule has 0 spiro atoms. The van der Waals surface area contributed by atoms with Gasteiger partial charge in [0.25, 0.3) is 0 Å². The van der Waals surface area contributed by atoms with Gasteiger partial charge in [-0.2, -0.15) is 18.4 Å². The van der Waals surface area contributed by atoms with Crippen LogP contribution in [0.5, 0.6) is 0 Å². The van der Waals surface area contributed by atoms with Crippen molar-refractivity contribution in [3.8, 4) is 6.07 Å². The zero-order chi connectivity index (χ0) is 16.2. The Morgan fingerprint density at radius 2 is 1.90 bits per heavy atom. The lowest BCUT2D eigenvalue weighted by Gasteiger charge is -2.13. The molecule has 0 aliphatic carbocycles. The standard InChI is InChI=1S/C14H11F3N2OS/c1-8(2)12(20)11(7-18)13(21)19-10-5-3-9(4-6-10)14(15,16)17/h3-6,11H,1H2,2H3,(H,19,21). The Balaban J connectivity index is 2.86. The van der Waals surface area contributed by atoms with Crippen LogP contribution in [0, 0.1) is 17.2 Å². The monoisotopic (exact) mass is 312 g/mol. The van der Waals surface area contributed by atoms with E-state index in [9.17, 15) is 18.0 Å². The van der Waals surface area contributed by atoms with E-state index in [1.54, 1.807) is 6.07 Å². The number of nitriles is 1. The van der Waals surface area contributed by atoms with Gasteiger partial charge in [0, 0.05) is 5.69 Å². The SMILES string of the molecule is C=C(C)C(=O)C(C#N)C(=S)Nc1ccc(C(F)(F)F)cc1. The van der Waals surface area contributed by atoms with Gasteiger partial charge in [0.1, 0.15) is 4.99 Å². The van der Waals surface area contributed by atoms with E-state index in [0.717, 1.165) is 12.1 Å². The number of carbonyl (C=O) groups is 1. The van der Waals surface area contributed by atoms with Crippen LogP contribution < -0.4 is 5.32 Å². The molecule has 1 atom stereocenters. The molecule has 0 heterocycles. The number of hydrogen-bond acceptors (Lipinski definition) is 3. The van der Waals surface area contributed by atoms with Gasteiger partial charge in [-0.25, -0.2) is 0 Å². The molecule has 0 saturated carbocycles. The van der Waals surface area contributed by atoms with E-state index in [2.05, 4.69) is 11.9 Å². The second-order valence-corrected chi connectivity index (χ2v) is 4.71. The van der Waals surface area contributed by atoms with Crippen molar-refractivity contribution < 1.29 is 18.0 Å². The van der Waals surface area contributed by atoms with Crippen LogP contribution in [0.15, 0.2) is 36.4 Å². The minimum atomic E-state index is -4.43. The molecule has 3 nitrogen and oxygen atoms in total. The molecule has 1 N–H and O–H groups in total. The van der Waals surface area contributed by atoms with Gasteiger partial charge < -0.3 is 5.32 Å². The summed E-state index contributed by atoms with van der Waals surface area (Å²) in [5, 5.41) is 11.5. The predicted molar refractivity (Wildman–Crippen MR) is 76.6 cm³/mol. The van der Waals surface area contributed by atoms with E-state index in [0.29, 0.717) is 0 Å². The first kappa shape index (κ1) is 16.9. The molecule has 7 heteroatoms. The van der Waals surface area contributed by atoms with Gasteiger partial charge >= 0.3 is 6.18 Å². The molecular formula is C14H11F3N2OS. The van der Waals surface area contributed by atoms with E-state index < -0.39 is 23.4 Å². The van der Waals surface area contributed by atoms with Crippen molar-refractivity contribution in [2.75, 3.05) is 5.32 Å². The Morgan fingerprint density at radius 1 is 1.38 bits per heavy atom. The maximum Gasteiger partial charge on any atom is 0.416 e. The number of hydrogen-bond donors (Lipinski definition) is 1. The van der Waals surface area contributed by atoms with Crippen molar-refractivity contribution in [1.29, 1.82) is 5.26 Å². The first-order chi connectivity index (χ1) is 9.66. The maximum atomic E-state index is 12.4. The fourth-order valence-corrected chi connectivity index (χ4v) is 1.72. The number of alkyl halides is 3. The van der Waals surface area contributed by atoms with E-state index in [-0.39, 0.29) is 16.2 Å². The summed E-state index contributed by atoms with van der Waals surface area (Å²) in [4.78, 5) is 11.6. The number of allylic oxidation sites excluding steroid dienone is 1. The highest BCUT2D eigenvalue weighted by molar-refractivity contribution is 7.80. The molecule has 0 aliphatic rings. The fourth-order valence-electron chi connectivity index (χ4n) is 1.44. The average Bonchev–Trinajstić information content (AvgIpc) is 2.38. The van der Waals surface area contributed by atoms with Crippen molar-refractivity contribution in [1.82, 2.24) is 0 Å². The zero-order valence-corrected chi connectivity index (χ0v) is 11.8. The van der Waals surface area contributed by atoms with Crippen LogP contribution in [0.4, 0.5) is 18.9 Å². The molecule has 0 saturated heterocycles. The Labute approximate surface area is 125 Å². The second kappa shape index (κ2) is 6.50. The Bertz CT molecular complexity index is 615. The molecular weight excluding hydrogens is 301 g/mol. The third-order valence-corrected chi connectivity index (χ3v) is 2.89. The van der Waals surface area contributed by atoms with Crippen molar-refractivity contribution in [3.63, 3.8) is 0 Å². The molecule has 0 fully saturated rings. The minimum Gasteiger partial charge on any atom is -0.349 e. The molecule has 21 heavy (non-hydrogen) atoms. The lowest BCUT2D eigenvalue weighted by Crippen LogP contribution is -2.27. The number of anilines is 1. The minimum absolute atomic E-state index is 0.0785. The number of nitrogens with zero attached hydrogens (tertiary/aromatic N) is 1. The first-order valence-electron chi connectivity index (χ1n) is 5.74. The summed E-state index contributed by atoms with van der Waals surface area (Å²) in [6.07, 6.45) is -4.43. The quantitative estimate of drug-likeness (QED) is 0.680. The number of thiocarbonyl (C=S) groups is 1. The average molecular weight is 312 g/mol. The van der Waals surface area contributed by atoms with Crippen LogP contribution in [-0.2, 0) is 11.0 Å². The molecule has 0 aliphatic heterocycles. The highest BCUT2D eigenvalue weighted by Crippen LogP contribution is 2.29. The van der Waals surface area contributed by atoms with Gasteiger partial charge in [-0.3, -0.25) is 4.79 Å². The van der Waals surface area contributed by atoms with E-state index in [1.165, 1.54) is 19.1 Å². The van der Waals surface area contributed by atoms with E-state index >= 15 is 0 Å². The third-order valence-electron chi connectivity index (χ3n) is 2.55. The second-order valence-electron chi connectivity index (χ2n) is 4.27. The van der Waals surface area contributed by atoms with Crippen LogP contribution in [0.1, 0.15) is 12.5 Å². The number of ketones is 1. The number of benzene rings is 1. The summed E-state index contributed by atoms with van der Waals surface area (Å²) in [7, 11) is 0. The fraction of sp³-hybridized carbons (Fsp3) is 0.214. The molecule has 0 radical (unpaired) electrons. The zero-order valence-electron chi connectivity index (χ0n) is 11.0. The molecule has 1 rings (SSSR count). The van der Waals surface area contributed by atoms with Gasteiger partial charge in [0.2, 0.25) is 0 Å². The van der Waals surface area contributed by atoms with Crippen LogP contribution in [0.3, 0.4) is 0 Å².